The molecule has 0 spiro atoms. The van der Waals surface area contributed by atoms with Gasteiger partial charge in [-0.2, -0.15) is 0 Å². The summed E-state index contributed by atoms with van der Waals surface area (Å²) in [7, 11) is 0. The second-order valence-electron chi connectivity index (χ2n) is 7.27. The molecule has 3 rings (SSSR count). The van der Waals surface area contributed by atoms with E-state index < -0.39 is 0 Å². The summed E-state index contributed by atoms with van der Waals surface area (Å²) in [6, 6.07) is 16.6. The molecule has 0 aromatic heterocycles. The van der Waals surface area contributed by atoms with Crippen LogP contribution in [0.3, 0.4) is 0 Å². The lowest BCUT2D eigenvalue weighted by Gasteiger charge is -2.35. The quantitative estimate of drug-likeness (QED) is 0.840. The predicted octanol–water partition coefficient (Wildman–Crippen LogP) is 4.08. The SMILES string of the molecule is Cc1ccccc1CN1CCN(C(=O)c2ccc(C(C)C)cc2)CC1. The summed E-state index contributed by atoms with van der Waals surface area (Å²) in [5.41, 5.74) is 4.80. The van der Waals surface area contributed by atoms with Gasteiger partial charge in [0.25, 0.3) is 5.91 Å². The zero-order valence-corrected chi connectivity index (χ0v) is 15.5. The largest absolute Gasteiger partial charge is 0.336 e. The molecule has 1 heterocycles. The fraction of sp³-hybridized carbons (Fsp3) is 0.409. The Labute approximate surface area is 151 Å². The number of amides is 1. The Morgan fingerprint density at radius 2 is 1.60 bits per heavy atom. The zero-order chi connectivity index (χ0) is 17.8. The first-order valence-corrected chi connectivity index (χ1v) is 9.20. The molecule has 132 valence electrons. The molecule has 1 fully saturated rings. The normalized spacial score (nSPS) is 15.6. The fourth-order valence-electron chi connectivity index (χ4n) is 3.33. The zero-order valence-electron chi connectivity index (χ0n) is 15.5. The highest BCUT2D eigenvalue weighted by molar-refractivity contribution is 5.94. The average Bonchev–Trinajstić information content (AvgIpc) is 2.64. The summed E-state index contributed by atoms with van der Waals surface area (Å²) in [4.78, 5) is 17.1. The summed E-state index contributed by atoms with van der Waals surface area (Å²) in [5, 5.41) is 0. The molecule has 0 unspecified atom stereocenters. The van der Waals surface area contributed by atoms with Crippen LogP contribution in [0.25, 0.3) is 0 Å². The van der Waals surface area contributed by atoms with Crippen LogP contribution in [-0.4, -0.2) is 41.9 Å². The smallest absolute Gasteiger partial charge is 0.253 e. The first kappa shape index (κ1) is 17.7. The van der Waals surface area contributed by atoms with Gasteiger partial charge in [0.15, 0.2) is 0 Å². The van der Waals surface area contributed by atoms with E-state index in [1.165, 1.54) is 16.7 Å². The monoisotopic (exact) mass is 336 g/mol. The minimum absolute atomic E-state index is 0.158. The van der Waals surface area contributed by atoms with Crippen LogP contribution in [0.2, 0.25) is 0 Å². The van der Waals surface area contributed by atoms with Crippen molar-refractivity contribution in [2.45, 2.75) is 33.2 Å². The van der Waals surface area contributed by atoms with Gasteiger partial charge in [0.2, 0.25) is 0 Å². The molecule has 0 N–H and O–H groups in total. The molecule has 1 amide bonds. The molecule has 1 aliphatic heterocycles. The molecule has 0 radical (unpaired) electrons. The number of benzene rings is 2. The Bertz CT molecular complexity index is 713. The van der Waals surface area contributed by atoms with E-state index in [0.29, 0.717) is 5.92 Å². The van der Waals surface area contributed by atoms with E-state index in [-0.39, 0.29) is 5.91 Å². The van der Waals surface area contributed by atoms with Crippen LogP contribution < -0.4 is 0 Å². The Hall–Kier alpha value is -2.13. The molecular formula is C22H28N2O. The molecule has 1 aliphatic rings. The van der Waals surface area contributed by atoms with Crippen molar-refractivity contribution >= 4 is 5.91 Å². The van der Waals surface area contributed by atoms with Crippen LogP contribution in [0.1, 0.15) is 46.8 Å². The van der Waals surface area contributed by atoms with Gasteiger partial charge in [-0.05, 0) is 41.7 Å². The highest BCUT2D eigenvalue weighted by Crippen LogP contribution is 2.17. The van der Waals surface area contributed by atoms with Gasteiger partial charge < -0.3 is 4.90 Å². The number of aryl methyl sites for hydroxylation is 1. The van der Waals surface area contributed by atoms with Crippen LogP contribution in [0.4, 0.5) is 0 Å². The molecule has 2 aromatic carbocycles. The maximum atomic E-state index is 12.7. The maximum Gasteiger partial charge on any atom is 0.253 e. The second-order valence-corrected chi connectivity index (χ2v) is 7.27. The number of piperazine rings is 1. The van der Waals surface area contributed by atoms with Crippen LogP contribution >= 0.6 is 0 Å². The summed E-state index contributed by atoms with van der Waals surface area (Å²) < 4.78 is 0. The van der Waals surface area contributed by atoms with Crippen molar-refractivity contribution in [1.82, 2.24) is 9.80 Å². The number of hydrogen-bond acceptors (Lipinski definition) is 2. The molecule has 3 heteroatoms. The number of hydrogen-bond donors (Lipinski definition) is 0. The Kier molecular flexibility index (Phi) is 5.54. The van der Waals surface area contributed by atoms with Crippen molar-refractivity contribution in [3.63, 3.8) is 0 Å². The molecular weight excluding hydrogens is 308 g/mol. The first-order chi connectivity index (χ1) is 12.0. The van der Waals surface area contributed by atoms with E-state index in [2.05, 4.69) is 62.1 Å². The summed E-state index contributed by atoms with van der Waals surface area (Å²) >= 11 is 0. The van der Waals surface area contributed by atoms with Crippen molar-refractivity contribution in [2.24, 2.45) is 0 Å². The molecule has 0 bridgehead atoms. The molecule has 0 aliphatic carbocycles. The van der Waals surface area contributed by atoms with Crippen molar-refractivity contribution < 1.29 is 4.79 Å². The number of carbonyl (C=O) groups excluding carboxylic acids is 1. The molecule has 1 saturated heterocycles. The van der Waals surface area contributed by atoms with Gasteiger partial charge in [-0.3, -0.25) is 9.69 Å². The lowest BCUT2D eigenvalue weighted by atomic mass is 10.0. The molecule has 0 atom stereocenters. The highest BCUT2D eigenvalue weighted by Gasteiger charge is 2.22. The average molecular weight is 336 g/mol. The van der Waals surface area contributed by atoms with E-state index in [1.54, 1.807) is 0 Å². The predicted molar refractivity (Wildman–Crippen MR) is 103 cm³/mol. The van der Waals surface area contributed by atoms with Gasteiger partial charge in [-0.25, -0.2) is 0 Å². The van der Waals surface area contributed by atoms with Crippen LogP contribution in [-0.2, 0) is 6.54 Å². The molecule has 0 saturated carbocycles. The second kappa shape index (κ2) is 7.83. The van der Waals surface area contributed by atoms with Crippen LogP contribution in [0.15, 0.2) is 48.5 Å². The number of rotatable bonds is 4. The number of nitrogens with zero attached hydrogens (tertiary/aromatic N) is 2. The van der Waals surface area contributed by atoms with Gasteiger partial charge in [0.1, 0.15) is 0 Å². The third-order valence-corrected chi connectivity index (χ3v) is 5.14. The van der Waals surface area contributed by atoms with Crippen molar-refractivity contribution in [3.05, 3.63) is 70.8 Å². The van der Waals surface area contributed by atoms with Gasteiger partial charge >= 0.3 is 0 Å². The van der Waals surface area contributed by atoms with Crippen LogP contribution in [0, 0.1) is 6.92 Å². The first-order valence-electron chi connectivity index (χ1n) is 9.20. The van der Waals surface area contributed by atoms with Crippen LogP contribution in [0.5, 0.6) is 0 Å². The minimum atomic E-state index is 0.158. The van der Waals surface area contributed by atoms with Crippen molar-refractivity contribution in [1.29, 1.82) is 0 Å². The Morgan fingerprint density at radius 3 is 2.20 bits per heavy atom. The fourth-order valence-corrected chi connectivity index (χ4v) is 3.33. The van der Waals surface area contributed by atoms with Gasteiger partial charge in [0, 0.05) is 38.3 Å². The summed E-state index contributed by atoms with van der Waals surface area (Å²) in [6.07, 6.45) is 0. The van der Waals surface area contributed by atoms with Crippen molar-refractivity contribution in [3.8, 4) is 0 Å². The Balaban J connectivity index is 1.56. The van der Waals surface area contributed by atoms with Crippen molar-refractivity contribution in [2.75, 3.05) is 26.2 Å². The number of carbonyl (C=O) groups is 1. The maximum absolute atomic E-state index is 12.7. The van der Waals surface area contributed by atoms with Gasteiger partial charge in [-0.15, -0.1) is 0 Å². The van der Waals surface area contributed by atoms with Gasteiger partial charge in [-0.1, -0.05) is 50.2 Å². The lowest BCUT2D eigenvalue weighted by molar-refractivity contribution is 0.0628. The standard InChI is InChI=1S/C22H28N2O/c1-17(2)19-8-10-20(11-9-19)22(25)24-14-12-23(13-15-24)16-21-7-5-4-6-18(21)3/h4-11,17H,12-16H2,1-3H3. The van der Waals surface area contributed by atoms with Gasteiger partial charge in [0.05, 0.1) is 0 Å². The molecule has 3 nitrogen and oxygen atoms in total. The van der Waals surface area contributed by atoms with E-state index in [9.17, 15) is 4.79 Å². The Morgan fingerprint density at radius 1 is 0.960 bits per heavy atom. The third kappa shape index (κ3) is 4.29. The van der Waals surface area contributed by atoms with E-state index >= 15 is 0 Å². The highest BCUT2D eigenvalue weighted by atomic mass is 16.2. The minimum Gasteiger partial charge on any atom is -0.336 e. The third-order valence-electron chi connectivity index (χ3n) is 5.14. The molecule has 2 aromatic rings. The summed E-state index contributed by atoms with van der Waals surface area (Å²) in [5.74, 6) is 0.653. The topological polar surface area (TPSA) is 23.6 Å². The molecule has 25 heavy (non-hydrogen) atoms. The van der Waals surface area contributed by atoms with E-state index in [0.717, 1.165) is 38.3 Å². The van der Waals surface area contributed by atoms with E-state index in [4.69, 9.17) is 0 Å². The summed E-state index contributed by atoms with van der Waals surface area (Å²) in [6.45, 7) is 10.9. The van der Waals surface area contributed by atoms with E-state index in [1.807, 2.05) is 17.0 Å². The lowest BCUT2D eigenvalue weighted by Crippen LogP contribution is -2.48.